The first kappa shape index (κ1) is 22.0. The van der Waals surface area contributed by atoms with E-state index in [1.54, 1.807) is 20.3 Å². The highest BCUT2D eigenvalue weighted by atomic mass is 35.5. The molecule has 1 aliphatic rings. The number of nitrogens with one attached hydrogen (secondary N) is 1. The lowest BCUT2D eigenvalue weighted by molar-refractivity contribution is -0.120. The zero-order valence-electron chi connectivity index (χ0n) is 18.2. The molecule has 1 aromatic heterocycles. The molecule has 3 aromatic rings. The van der Waals surface area contributed by atoms with Gasteiger partial charge in [0.15, 0.2) is 0 Å². The molecule has 32 heavy (non-hydrogen) atoms. The Morgan fingerprint density at radius 3 is 2.72 bits per heavy atom. The molecule has 168 valence electrons. The number of ether oxygens (including phenoxy) is 2. The molecule has 1 fully saturated rings. The van der Waals surface area contributed by atoms with Gasteiger partial charge in [-0.3, -0.25) is 4.79 Å². The highest BCUT2D eigenvalue weighted by Crippen LogP contribution is 2.32. The Morgan fingerprint density at radius 2 is 2.00 bits per heavy atom. The maximum absolute atomic E-state index is 13.0. The highest BCUT2D eigenvalue weighted by Gasteiger charge is 2.29. The quantitative estimate of drug-likeness (QED) is 0.581. The number of methoxy groups -OCH3 is 2. The Bertz CT molecular complexity index is 1100. The number of hydrogen-bond donors (Lipinski definition) is 1. The van der Waals surface area contributed by atoms with Gasteiger partial charge in [-0.2, -0.15) is 4.98 Å². The average Bonchev–Trinajstić information content (AvgIpc) is 3.32. The van der Waals surface area contributed by atoms with Gasteiger partial charge in [0, 0.05) is 29.7 Å². The van der Waals surface area contributed by atoms with Crippen LogP contribution >= 0.6 is 11.6 Å². The number of nitrogens with zero attached hydrogens (tertiary/aromatic N) is 3. The third-order valence-corrected chi connectivity index (χ3v) is 5.97. The van der Waals surface area contributed by atoms with Crippen LogP contribution in [0.5, 0.6) is 11.5 Å². The van der Waals surface area contributed by atoms with Crippen molar-refractivity contribution < 1.29 is 18.8 Å². The maximum atomic E-state index is 13.0. The minimum absolute atomic E-state index is 0.0791. The van der Waals surface area contributed by atoms with Gasteiger partial charge in [-0.1, -0.05) is 16.8 Å². The van der Waals surface area contributed by atoms with Crippen molar-refractivity contribution in [1.29, 1.82) is 0 Å². The number of carbonyl (C=O) groups excluding carboxylic acids is 1. The molecule has 1 saturated heterocycles. The van der Waals surface area contributed by atoms with Gasteiger partial charge in [-0.15, -0.1) is 0 Å². The first-order chi connectivity index (χ1) is 15.5. The Hall–Kier alpha value is -3.26. The number of piperidine rings is 1. The molecule has 2 aromatic carbocycles. The fourth-order valence-corrected chi connectivity index (χ4v) is 3.88. The van der Waals surface area contributed by atoms with E-state index < -0.39 is 0 Å². The molecule has 1 N–H and O–H groups in total. The second kappa shape index (κ2) is 9.48. The van der Waals surface area contributed by atoms with Crippen molar-refractivity contribution in [2.45, 2.75) is 19.8 Å². The molecule has 0 bridgehead atoms. The van der Waals surface area contributed by atoms with E-state index in [0.717, 1.165) is 36.3 Å². The standard InChI is InChI=1S/C23H25ClN4O4/c1-14-11-19(20(31-3)12-18(14)24)25-22(29)16-5-4-10-28(13-16)23-26-21(27-32-23)15-6-8-17(30-2)9-7-15/h6-9,11-12,16H,4-5,10,13H2,1-3H3,(H,25,29)/t16-/m1/s1. The molecule has 0 spiro atoms. The van der Waals surface area contributed by atoms with Crippen molar-refractivity contribution in [2.75, 3.05) is 37.5 Å². The van der Waals surface area contributed by atoms with Crippen molar-refractivity contribution in [3.8, 4) is 22.9 Å². The predicted molar refractivity (Wildman–Crippen MR) is 123 cm³/mol. The molecular weight excluding hydrogens is 432 g/mol. The van der Waals surface area contributed by atoms with Crippen LogP contribution in [0.2, 0.25) is 5.02 Å². The third kappa shape index (κ3) is 4.65. The fourth-order valence-electron chi connectivity index (χ4n) is 3.73. The smallest absolute Gasteiger partial charge is 0.324 e. The van der Waals surface area contributed by atoms with Gasteiger partial charge in [-0.25, -0.2) is 0 Å². The first-order valence-electron chi connectivity index (χ1n) is 10.4. The van der Waals surface area contributed by atoms with Crippen LogP contribution < -0.4 is 19.7 Å². The zero-order valence-corrected chi connectivity index (χ0v) is 19.0. The van der Waals surface area contributed by atoms with E-state index in [-0.39, 0.29) is 11.8 Å². The van der Waals surface area contributed by atoms with Crippen molar-refractivity contribution in [3.63, 3.8) is 0 Å². The van der Waals surface area contributed by atoms with E-state index in [0.29, 0.717) is 34.8 Å². The summed E-state index contributed by atoms with van der Waals surface area (Å²) in [6, 6.07) is 11.4. The summed E-state index contributed by atoms with van der Waals surface area (Å²) in [4.78, 5) is 19.5. The topological polar surface area (TPSA) is 89.7 Å². The number of amides is 1. The van der Waals surface area contributed by atoms with Gasteiger partial charge in [0.05, 0.1) is 25.8 Å². The largest absolute Gasteiger partial charge is 0.497 e. The molecule has 1 aliphatic heterocycles. The molecule has 0 saturated carbocycles. The van der Waals surface area contributed by atoms with Crippen LogP contribution in [-0.4, -0.2) is 43.4 Å². The maximum Gasteiger partial charge on any atom is 0.324 e. The van der Waals surface area contributed by atoms with Gasteiger partial charge in [-0.05, 0) is 55.7 Å². The van der Waals surface area contributed by atoms with E-state index >= 15 is 0 Å². The molecular formula is C23H25ClN4O4. The summed E-state index contributed by atoms with van der Waals surface area (Å²) < 4.78 is 16.0. The Morgan fingerprint density at radius 1 is 1.22 bits per heavy atom. The molecule has 0 unspecified atom stereocenters. The lowest BCUT2D eigenvalue weighted by atomic mass is 9.97. The van der Waals surface area contributed by atoms with Gasteiger partial charge in [0.2, 0.25) is 11.7 Å². The molecule has 0 radical (unpaired) electrons. The van der Waals surface area contributed by atoms with Crippen LogP contribution in [0.1, 0.15) is 18.4 Å². The molecule has 9 heteroatoms. The summed E-state index contributed by atoms with van der Waals surface area (Å²) in [5.74, 6) is 1.48. The Kier molecular flexibility index (Phi) is 6.50. The van der Waals surface area contributed by atoms with E-state index in [2.05, 4.69) is 15.5 Å². The van der Waals surface area contributed by atoms with Gasteiger partial charge in [0.25, 0.3) is 0 Å². The monoisotopic (exact) mass is 456 g/mol. The van der Waals surface area contributed by atoms with Crippen LogP contribution in [0.4, 0.5) is 11.7 Å². The van der Waals surface area contributed by atoms with Crippen molar-refractivity contribution in [3.05, 3.63) is 47.0 Å². The average molecular weight is 457 g/mol. The van der Waals surface area contributed by atoms with E-state index in [4.69, 9.17) is 25.6 Å². The molecule has 1 amide bonds. The van der Waals surface area contributed by atoms with Crippen molar-refractivity contribution >= 4 is 29.2 Å². The van der Waals surface area contributed by atoms with Crippen molar-refractivity contribution in [1.82, 2.24) is 10.1 Å². The van der Waals surface area contributed by atoms with Gasteiger partial charge < -0.3 is 24.2 Å². The number of anilines is 2. The SMILES string of the molecule is COc1ccc(-c2noc(N3CCC[C@@H](C(=O)Nc4cc(C)c(Cl)cc4OC)C3)n2)cc1. The second-order valence-corrected chi connectivity index (χ2v) is 8.11. The number of rotatable bonds is 6. The lowest BCUT2D eigenvalue weighted by Crippen LogP contribution is -2.41. The first-order valence-corrected chi connectivity index (χ1v) is 10.7. The van der Waals surface area contributed by atoms with E-state index in [1.165, 1.54) is 0 Å². The minimum atomic E-state index is -0.222. The van der Waals surface area contributed by atoms with Crippen molar-refractivity contribution in [2.24, 2.45) is 5.92 Å². The van der Waals surface area contributed by atoms with E-state index in [9.17, 15) is 4.79 Å². The zero-order chi connectivity index (χ0) is 22.7. The van der Waals surface area contributed by atoms with E-state index in [1.807, 2.05) is 42.2 Å². The van der Waals surface area contributed by atoms with Crippen LogP contribution in [0, 0.1) is 12.8 Å². The van der Waals surface area contributed by atoms with Gasteiger partial charge >= 0.3 is 6.01 Å². The van der Waals surface area contributed by atoms with Gasteiger partial charge in [0.1, 0.15) is 11.5 Å². The Labute approximate surface area is 191 Å². The highest BCUT2D eigenvalue weighted by molar-refractivity contribution is 6.31. The number of hydrogen-bond acceptors (Lipinski definition) is 7. The summed E-state index contributed by atoms with van der Waals surface area (Å²) in [6.07, 6.45) is 1.62. The summed E-state index contributed by atoms with van der Waals surface area (Å²) in [5.41, 5.74) is 2.30. The molecule has 4 rings (SSSR count). The molecule has 1 atom stereocenters. The normalized spacial score (nSPS) is 16.0. The molecule has 8 nitrogen and oxygen atoms in total. The van der Waals surface area contributed by atoms with Crippen LogP contribution in [0.15, 0.2) is 40.9 Å². The summed E-state index contributed by atoms with van der Waals surface area (Å²) >= 11 is 6.17. The second-order valence-electron chi connectivity index (χ2n) is 7.71. The third-order valence-electron chi connectivity index (χ3n) is 5.56. The van der Waals surface area contributed by atoms with Crippen LogP contribution in [0.3, 0.4) is 0 Å². The fraction of sp³-hybridized carbons (Fsp3) is 0.348. The lowest BCUT2D eigenvalue weighted by Gasteiger charge is -2.30. The number of carbonyl (C=O) groups is 1. The molecule has 2 heterocycles. The summed E-state index contributed by atoms with van der Waals surface area (Å²) in [5, 5.41) is 7.67. The minimum Gasteiger partial charge on any atom is -0.497 e. The summed E-state index contributed by atoms with van der Waals surface area (Å²) in [6.45, 7) is 3.12. The number of aromatic nitrogens is 2. The van der Waals surface area contributed by atoms with Crippen LogP contribution in [-0.2, 0) is 4.79 Å². The van der Waals surface area contributed by atoms with Crippen LogP contribution in [0.25, 0.3) is 11.4 Å². The number of aryl methyl sites for hydroxylation is 1. The summed E-state index contributed by atoms with van der Waals surface area (Å²) in [7, 11) is 3.17. The molecule has 0 aliphatic carbocycles. The number of halogens is 1. The Balaban J connectivity index is 1.45. The predicted octanol–water partition coefficient (Wildman–Crippen LogP) is 4.57. The number of benzene rings is 2.